The first kappa shape index (κ1) is 12.0. The lowest BCUT2D eigenvalue weighted by Gasteiger charge is -2.36. The van der Waals surface area contributed by atoms with Crippen molar-refractivity contribution in [3.05, 3.63) is 0 Å². The molecule has 1 saturated heterocycles. The fraction of sp³-hybridized carbons (Fsp3) is 1.00. The van der Waals surface area contributed by atoms with Crippen molar-refractivity contribution >= 4 is 0 Å². The topological polar surface area (TPSA) is 26.7 Å². The summed E-state index contributed by atoms with van der Waals surface area (Å²) in [6.07, 6.45) is 1.20. The molecule has 1 atom stereocenters. The van der Waals surface area contributed by atoms with Crippen LogP contribution in [0.4, 0.5) is 0 Å². The number of likely N-dealkylation sites (N-methyl/N-ethyl adjacent to an activating group) is 1. The molecule has 0 aromatic rings. The molecule has 84 valence electrons. The van der Waals surface area contributed by atoms with E-state index in [9.17, 15) is 5.11 Å². The number of aliphatic hydroxyl groups is 1. The van der Waals surface area contributed by atoms with E-state index >= 15 is 0 Å². The molecular weight excluding hydrogens is 176 g/mol. The van der Waals surface area contributed by atoms with Crippen molar-refractivity contribution in [1.29, 1.82) is 0 Å². The van der Waals surface area contributed by atoms with Gasteiger partial charge in [-0.05, 0) is 47.3 Å². The smallest absolute Gasteiger partial charge is 0.0599 e. The molecule has 3 nitrogen and oxygen atoms in total. The van der Waals surface area contributed by atoms with Gasteiger partial charge in [0.2, 0.25) is 0 Å². The Morgan fingerprint density at radius 3 is 2.43 bits per heavy atom. The van der Waals surface area contributed by atoms with E-state index in [4.69, 9.17) is 0 Å². The van der Waals surface area contributed by atoms with Crippen LogP contribution in [0.25, 0.3) is 0 Å². The molecule has 1 rings (SSSR count). The normalized spacial score (nSPS) is 27.6. The molecule has 0 aromatic carbocycles. The molecular formula is C11H24N2O. The van der Waals surface area contributed by atoms with Crippen LogP contribution in [-0.4, -0.2) is 59.8 Å². The van der Waals surface area contributed by atoms with Gasteiger partial charge in [0.05, 0.1) is 6.61 Å². The highest BCUT2D eigenvalue weighted by molar-refractivity contribution is 4.84. The summed E-state index contributed by atoms with van der Waals surface area (Å²) in [7, 11) is 2.10. The number of hydrogen-bond donors (Lipinski definition) is 1. The third-order valence-corrected chi connectivity index (χ3v) is 3.15. The Labute approximate surface area is 87.7 Å². The first-order valence-corrected chi connectivity index (χ1v) is 5.51. The van der Waals surface area contributed by atoms with E-state index in [0.29, 0.717) is 6.04 Å². The fourth-order valence-electron chi connectivity index (χ4n) is 1.99. The summed E-state index contributed by atoms with van der Waals surface area (Å²) in [6, 6.07) is 0.303. The lowest BCUT2D eigenvalue weighted by atomic mass is 10.1. The summed E-state index contributed by atoms with van der Waals surface area (Å²) in [4.78, 5) is 4.74. The van der Waals surface area contributed by atoms with Crippen molar-refractivity contribution in [2.45, 2.75) is 38.8 Å². The summed E-state index contributed by atoms with van der Waals surface area (Å²) in [6.45, 7) is 10.2. The Morgan fingerprint density at radius 1 is 1.29 bits per heavy atom. The fourth-order valence-corrected chi connectivity index (χ4v) is 1.99. The van der Waals surface area contributed by atoms with Crippen molar-refractivity contribution in [3.8, 4) is 0 Å². The zero-order valence-corrected chi connectivity index (χ0v) is 9.95. The molecule has 0 amide bonds. The molecule has 1 unspecified atom stereocenters. The van der Waals surface area contributed by atoms with Gasteiger partial charge in [0.25, 0.3) is 0 Å². The van der Waals surface area contributed by atoms with Crippen LogP contribution in [0.2, 0.25) is 0 Å². The zero-order chi connectivity index (χ0) is 10.8. The van der Waals surface area contributed by atoms with Crippen molar-refractivity contribution in [3.63, 3.8) is 0 Å². The third kappa shape index (κ3) is 2.94. The van der Waals surface area contributed by atoms with Gasteiger partial charge in [0.15, 0.2) is 0 Å². The van der Waals surface area contributed by atoms with E-state index in [1.807, 2.05) is 0 Å². The van der Waals surface area contributed by atoms with Crippen LogP contribution in [0.1, 0.15) is 27.2 Å². The van der Waals surface area contributed by atoms with Crippen molar-refractivity contribution < 1.29 is 5.11 Å². The van der Waals surface area contributed by atoms with Gasteiger partial charge >= 0.3 is 0 Å². The molecule has 1 N–H and O–H groups in total. The molecule has 0 saturated carbocycles. The molecule has 1 aliphatic rings. The molecule has 1 heterocycles. The SMILES string of the molecule is CN1CCCN(C(C)(C)C)CC1CO. The van der Waals surface area contributed by atoms with Crippen LogP contribution >= 0.6 is 0 Å². The Bertz CT molecular complexity index is 177. The first-order valence-electron chi connectivity index (χ1n) is 5.51. The summed E-state index contributed by atoms with van der Waals surface area (Å²) in [5, 5.41) is 9.30. The maximum Gasteiger partial charge on any atom is 0.0599 e. The third-order valence-electron chi connectivity index (χ3n) is 3.15. The molecule has 1 fully saturated rings. The Balaban J connectivity index is 2.63. The second kappa shape index (κ2) is 4.60. The molecule has 1 aliphatic heterocycles. The molecule has 0 bridgehead atoms. The van der Waals surface area contributed by atoms with Crippen molar-refractivity contribution in [2.75, 3.05) is 33.3 Å². The van der Waals surface area contributed by atoms with Crippen LogP contribution < -0.4 is 0 Å². The minimum atomic E-state index is 0.221. The second-order valence-electron chi connectivity index (χ2n) is 5.29. The van der Waals surface area contributed by atoms with Gasteiger partial charge in [-0.1, -0.05) is 0 Å². The maximum absolute atomic E-state index is 9.30. The van der Waals surface area contributed by atoms with Crippen LogP contribution in [0.3, 0.4) is 0 Å². The number of nitrogens with zero attached hydrogens (tertiary/aromatic N) is 2. The summed E-state index contributed by atoms with van der Waals surface area (Å²) < 4.78 is 0. The summed E-state index contributed by atoms with van der Waals surface area (Å²) in [5.41, 5.74) is 0.221. The molecule has 0 aliphatic carbocycles. The Morgan fingerprint density at radius 2 is 1.93 bits per heavy atom. The number of aliphatic hydroxyl groups excluding tert-OH is 1. The highest BCUT2D eigenvalue weighted by atomic mass is 16.3. The molecule has 3 heteroatoms. The van der Waals surface area contributed by atoms with Crippen LogP contribution in [0, 0.1) is 0 Å². The molecule has 0 spiro atoms. The van der Waals surface area contributed by atoms with E-state index in [1.54, 1.807) is 0 Å². The van der Waals surface area contributed by atoms with Gasteiger partial charge in [-0.3, -0.25) is 9.80 Å². The molecule has 0 radical (unpaired) electrons. The predicted octanol–water partition coefficient (Wildman–Crippen LogP) is 0.783. The van der Waals surface area contributed by atoms with Crippen LogP contribution in [0.5, 0.6) is 0 Å². The predicted molar refractivity (Wildman–Crippen MR) is 59.4 cm³/mol. The standard InChI is InChI=1S/C11H24N2O/c1-11(2,3)13-7-5-6-12(4)10(8-13)9-14/h10,14H,5-9H2,1-4H3. The van der Waals surface area contributed by atoms with Gasteiger partial charge in [-0.15, -0.1) is 0 Å². The number of rotatable bonds is 1. The average Bonchev–Trinajstić information content (AvgIpc) is 2.25. The first-order chi connectivity index (χ1) is 6.45. The van der Waals surface area contributed by atoms with Gasteiger partial charge in [0, 0.05) is 18.1 Å². The van der Waals surface area contributed by atoms with Gasteiger partial charge in [-0.25, -0.2) is 0 Å². The number of hydrogen-bond acceptors (Lipinski definition) is 3. The largest absolute Gasteiger partial charge is 0.395 e. The second-order valence-corrected chi connectivity index (χ2v) is 5.29. The van der Waals surface area contributed by atoms with E-state index in [-0.39, 0.29) is 12.1 Å². The molecule has 0 aromatic heterocycles. The summed E-state index contributed by atoms with van der Waals surface area (Å²) >= 11 is 0. The van der Waals surface area contributed by atoms with Gasteiger partial charge in [0.1, 0.15) is 0 Å². The quantitative estimate of drug-likeness (QED) is 0.678. The van der Waals surface area contributed by atoms with Gasteiger partial charge in [-0.2, -0.15) is 0 Å². The zero-order valence-electron chi connectivity index (χ0n) is 9.95. The lowest BCUT2D eigenvalue weighted by molar-refractivity contribution is 0.0891. The van der Waals surface area contributed by atoms with Crippen molar-refractivity contribution in [2.24, 2.45) is 0 Å². The highest BCUT2D eigenvalue weighted by Gasteiger charge is 2.28. The maximum atomic E-state index is 9.30. The Kier molecular flexibility index (Phi) is 3.93. The van der Waals surface area contributed by atoms with Crippen molar-refractivity contribution in [1.82, 2.24) is 9.80 Å². The minimum Gasteiger partial charge on any atom is -0.395 e. The van der Waals surface area contributed by atoms with E-state index in [0.717, 1.165) is 19.6 Å². The lowest BCUT2D eigenvalue weighted by Crippen LogP contribution is -2.48. The minimum absolute atomic E-state index is 0.221. The van der Waals surface area contributed by atoms with Gasteiger partial charge < -0.3 is 5.11 Å². The van der Waals surface area contributed by atoms with E-state index in [1.165, 1.54) is 6.42 Å². The van der Waals surface area contributed by atoms with E-state index < -0.39 is 0 Å². The highest BCUT2D eigenvalue weighted by Crippen LogP contribution is 2.18. The molecule has 14 heavy (non-hydrogen) atoms. The Hall–Kier alpha value is -0.120. The summed E-state index contributed by atoms with van der Waals surface area (Å²) in [5.74, 6) is 0. The average molecular weight is 200 g/mol. The van der Waals surface area contributed by atoms with Crippen LogP contribution in [-0.2, 0) is 0 Å². The van der Waals surface area contributed by atoms with E-state index in [2.05, 4.69) is 37.6 Å². The monoisotopic (exact) mass is 200 g/mol. The van der Waals surface area contributed by atoms with Crippen LogP contribution in [0.15, 0.2) is 0 Å².